The van der Waals surface area contributed by atoms with Gasteiger partial charge in [-0.25, -0.2) is 4.98 Å². The fourth-order valence-electron chi connectivity index (χ4n) is 1.47. The molecule has 0 radical (unpaired) electrons. The average molecular weight is 238 g/mol. The molecule has 0 N–H and O–H groups in total. The molecule has 2 aromatic rings. The molecule has 0 atom stereocenters. The van der Waals surface area contributed by atoms with Crippen LogP contribution in [0.3, 0.4) is 0 Å². The molecule has 0 fully saturated rings. The molecule has 0 bridgehead atoms. The Labute approximate surface area is 98.4 Å². The molecule has 0 unspecified atom stereocenters. The van der Waals surface area contributed by atoms with Gasteiger partial charge in [0.25, 0.3) is 0 Å². The third-order valence-electron chi connectivity index (χ3n) is 2.40. The Morgan fingerprint density at radius 1 is 1.44 bits per heavy atom. The average Bonchev–Trinajstić information content (AvgIpc) is 2.55. The number of fused-ring (bicyclic) bond motifs is 1. The molecule has 2 rings (SSSR count). The standard InChI is InChI=1S/C11H12ClN3O/c1-14(2)10(16)7-15-9-6-4-3-5-8(9)13-11(15)12/h3-6H,7H2,1-2H3. The molecule has 0 spiro atoms. The summed E-state index contributed by atoms with van der Waals surface area (Å²) >= 11 is 6.00. The highest BCUT2D eigenvalue weighted by Crippen LogP contribution is 2.19. The predicted octanol–water partition coefficient (Wildman–Crippen LogP) is 1.78. The van der Waals surface area contributed by atoms with E-state index in [2.05, 4.69) is 4.98 Å². The number of hydrogen-bond donors (Lipinski definition) is 0. The summed E-state index contributed by atoms with van der Waals surface area (Å²) in [6.45, 7) is 0.215. The van der Waals surface area contributed by atoms with E-state index in [0.717, 1.165) is 11.0 Å². The number of hydrogen-bond acceptors (Lipinski definition) is 2. The number of carbonyl (C=O) groups excluding carboxylic acids is 1. The quantitative estimate of drug-likeness (QED) is 0.799. The number of para-hydroxylation sites is 2. The van der Waals surface area contributed by atoms with E-state index in [4.69, 9.17) is 11.6 Å². The Morgan fingerprint density at radius 2 is 2.12 bits per heavy atom. The summed E-state index contributed by atoms with van der Waals surface area (Å²) in [6, 6.07) is 7.57. The Bertz CT molecular complexity index is 533. The molecular formula is C11H12ClN3O. The summed E-state index contributed by atoms with van der Waals surface area (Å²) in [5.41, 5.74) is 1.68. The van der Waals surface area contributed by atoms with Crippen LogP contribution in [0.5, 0.6) is 0 Å². The summed E-state index contributed by atoms with van der Waals surface area (Å²) in [4.78, 5) is 17.3. The van der Waals surface area contributed by atoms with Gasteiger partial charge in [0.1, 0.15) is 6.54 Å². The molecule has 0 saturated carbocycles. The largest absolute Gasteiger partial charge is 0.347 e. The van der Waals surface area contributed by atoms with Crippen LogP contribution in [0.25, 0.3) is 11.0 Å². The van der Waals surface area contributed by atoms with Crippen LogP contribution >= 0.6 is 11.6 Å². The van der Waals surface area contributed by atoms with Crippen molar-refractivity contribution in [2.45, 2.75) is 6.54 Å². The lowest BCUT2D eigenvalue weighted by Crippen LogP contribution is -2.26. The Balaban J connectivity index is 2.44. The fraction of sp³-hybridized carbons (Fsp3) is 0.273. The van der Waals surface area contributed by atoms with E-state index in [1.54, 1.807) is 18.7 Å². The highest BCUT2D eigenvalue weighted by atomic mass is 35.5. The molecule has 16 heavy (non-hydrogen) atoms. The molecule has 0 aliphatic rings. The zero-order chi connectivity index (χ0) is 11.7. The maximum Gasteiger partial charge on any atom is 0.242 e. The van der Waals surface area contributed by atoms with Crippen molar-refractivity contribution >= 4 is 28.5 Å². The van der Waals surface area contributed by atoms with Crippen LogP contribution in [-0.2, 0) is 11.3 Å². The molecule has 84 valence electrons. The number of carbonyl (C=O) groups is 1. The molecule has 0 saturated heterocycles. The molecule has 1 heterocycles. The number of rotatable bonds is 2. The second kappa shape index (κ2) is 4.14. The zero-order valence-corrected chi connectivity index (χ0v) is 9.90. The first-order valence-electron chi connectivity index (χ1n) is 4.90. The van der Waals surface area contributed by atoms with Crippen LogP contribution in [0, 0.1) is 0 Å². The van der Waals surface area contributed by atoms with Gasteiger partial charge in [0, 0.05) is 14.1 Å². The van der Waals surface area contributed by atoms with Crippen LogP contribution < -0.4 is 0 Å². The van der Waals surface area contributed by atoms with Crippen molar-refractivity contribution in [3.63, 3.8) is 0 Å². The van der Waals surface area contributed by atoms with E-state index < -0.39 is 0 Å². The first-order chi connectivity index (χ1) is 7.59. The minimum atomic E-state index is -0.00921. The van der Waals surface area contributed by atoms with Crippen LogP contribution in [-0.4, -0.2) is 34.5 Å². The maximum absolute atomic E-state index is 11.6. The number of likely N-dealkylation sites (N-methyl/N-ethyl adjacent to an activating group) is 1. The first-order valence-corrected chi connectivity index (χ1v) is 5.28. The topological polar surface area (TPSA) is 38.1 Å². The SMILES string of the molecule is CN(C)C(=O)Cn1c(Cl)nc2ccccc21. The van der Waals surface area contributed by atoms with Crippen LogP contribution in [0.4, 0.5) is 0 Å². The lowest BCUT2D eigenvalue weighted by molar-refractivity contribution is -0.129. The van der Waals surface area contributed by atoms with Crippen molar-refractivity contribution in [3.8, 4) is 0 Å². The number of benzene rings is 1. The van der Waals surface area contributed by atoms with Gasteiger partial charge in [0.05, 0.1) is 11.0 Å². The number of aromatic nitrogens is 2. The van der Waals surface area contributed by atoms with E-state index in [9.17, 15) is 4.79 Å². The number of amides is 1. The van der Waals surface area contributed by atoms with E-state index in [-0.39, 0.29) is 12.5 Å². The summed E-state index contributed by atoms with van der Waals surface area (Å²) in [7, 11) is 3.44. The lowest BCUT2D eigenvalue weighted by atomic mass is 10.3. The monoisotopic (exact) mass is 237 g/mol. The van der Waals surface area contributed by atoms with Crippen LogP contribution in [0.15, 0.2) is 24.3 Å². The van der Waals surface area contributed by atoms with Gasteiger partial charge in [-0.3, -0.25) is 4.79 Å². The molecular weight excluding hydrogens is 226 g/mol. The smallest absolute Gasteiger partial charge is 0.242 e. The lowest BCUT2D eigenvalue weighted by Gasteiger charge is -2.11. The molecule has 0 aliphatic heterocycles. The molecule has 1 amide bonds. The van der Waals surface area contributed by atoms with Gasteiger partial charge in [0.2, 0.25) is 11.2 Å². The van der Waals surface area contributed by atoms with Gasteiger partial charge in [-0.15, -0.1) is 0 Å². The van der Waals surface area contributed by atoms with Gasteiger partial charge in [0.15, 0.2) is 0 Å². The molecule has 4 nitrogen and oxygen atoms in total. The second-order valence-electron chi connectivity index (χ2n) is 3.74. The predicted molar refractivity (Wildman–Crippen MR) is 63.4 cm³/mol. The number of nitrogens with zero attached hydrogens (tertiary/aromatic N) is 3. The maximum atomic E-state index is 11.6. The minimum absolute atomic E-state index is 0.00921. The van der Waals surface area contributed by atoms with E-state index >= 15 is 0 Å². The van der Waals surface area contributed by atoms with Crippen molar-refractivity contribution in [3.05, 3.63) is 29.5 Å². The number of imidazole rings is 1. The highest BCUT2D eigenvalue weighted by Gasteiger charge is 2.12. The Kier molecular flexibility index (Phi) is 2.83. The second-order valence-corrected chi connectivity index (χ2v) is 4.08. The van der Waals surface area contributed by atoms with Crippen molar-refractivity contribution < 1.29 is 4.79 Å². The number of halogens is 1. The summed E-state index contributed by atoms with van der Waals surface area (Å²) in [5.74, 6) is -0.00921. The zero-order valence-electron chi connectivity index (χ0n) is 9.14. The van der Waals surface area contributed by atoms with Crippen LogP contribution in [0.1, 0.15) is 0 Å². The molecule has 1 aromatic heterocycles. The van der Waals surface area contributed by atoms with Gasteiger partial charge >= 0.3 is 0 Å². The van der Waals surface area contributed by atoms with E-state index in [1.165, 1.54) is 4.90 Å². The summed E-state index contributed by atoms with van der Waals surface area (Å²) in [6.07, 6.45) is 0. The van der Waals surface area contributed by atoms with E-state index in [0.29, 0.717) is 5.28 Å². The fourth-order valence-corrected chi connectivity index (χ4v) is 1.72. The molecule has 1 aromatic carbocycles. The third kappa shape index (κ3) is 1.88. The van der Waals surface area contributed by atoms with Gasteiger partial charge in [-0.05, 0) is 23.7 Å². The van der Waals surface area contributed by atoms with Crippen molar-refractivity contribution in [1.29, 1.82) is 0 Å². The summed E-state index contributed by atoms with van der Waals surface area (Å²) in [5, 5.41) is 0.344. The summed E-state index contributed by atoms with van der Waals surface area (Å²) < 4.78 is 1.71. The normalized spacial score (nSPS) is 10.7. The van der Waals surface area contributed by atoms with Gasteiger partial charge in [-0.2, -0.15) is 0 Å². The van der Waals surface area contributed by atoms with Gasteiger partial charge in [-0.1, -0.05) is 12.1 Å². The molecule has 5 heteroatoms. The minimum Gasteiger partial charge on any atom is -0.347 e. The van der Waals surface area contributed by atoms with Crippen molar-refractivity contribution in [2.75, 3.05) is 14.1 Å². The van der Waals surface area contributed by atoms with Crippen molar-refractivity contribution in [2.24, 2.45) is 0 Å². The van der Waals surface area contributed by atoms with Gasteiger partial charge < -0.3 is 9.47 Å². The Morgan fingerprint density at radius 3 is 2.81 bits per heavy atom. The highest BCUT2D eigenvalue weighted by molar-refractivity contribution is 6.29. The first kappa shape index (κ1) is 11.0. The van der Waals surface area contributed by atoms with E-state index in [1.807, 2.05) is 24.3 Å². The van der Waals surface area contributed by atoms with Crippen molar-refractivity contribution in [1.82, 2.24) is 14.5 Å². The Hall–Kier alpha value is -1.55. The van der Waals surface area contributed by atoms with Crippen LogP contribution in [0.2, 0.25) is 5.28 Å². The molecule has 0 aliphatic carbocycles. The third-order valence-corrected chi connectivity index (χ3v) is 2.69.